The smallest absolute Gasteiger partial charge is 0.0205 e. The third-order valence-corrected chi connectivity index (χ3v) is 5.57. The van der Waals surface area contributed by atoms with Crippen molar-refractivity contribution in [2.75, 3.05) is 0 Å². The van der Waals surface area contributed by atoms with Gasteiger partial charge in [0.25, 0.3) is 0 Å². The SMILES string of the molecule is CCCCc1ccccc1C(CCCC)(CCCC)c1ccccc1. The largest absolute Gasteiger partial charge is 0.0654 e. The molecule has 0 aliphatic rings. The average Bonchev–Trinajstić information content (AvgIpc) is 2.68. The molecule has 0 saturated carbocycles. The van der Waals surface area contributed by atoms with Crippen molar-refractivity contribution in [3.63, 3.8) is 0 Å². The highest BCUT2D eigenvalue weighted by atomic mass is 14.4. The normalized spacial score (nSPS) is 11.6. The Bertz CT molecular complexity index is 588. The van der Waals surface area contributed by atoms with Crippen LogP contribution in [0.4, 0.5) is 0 Å². The van der Waals surface area contributed by atoms with Gasteiger partial charge in [-0.2, -0.15) is 0 Å². The molecule has 0 radical (unpaired) electrons. The van der Waals surface area contributed by atoms with E-state index in [-0.39, 0.29) is 5.41 Å². The van der Waals surface area contributed by atoms with E-state index in [1.54, 1.807) is 11.1 Å². The first kappa shape index (κ1) is 19.8. The molecule has 136 valence electrons. The molecule has 0 fully saturated rings. The Labute approximate surface area is 155 Å². The van der Waals surface area contributed by atoms with Gasteiger partial charge in [-0.15, -0.1) is 0 Å². The summed E-state index contributed by atoms with van der Waals surface area (Å²) in [5.41, 5.74) is 4.86. The summed E-state index contributed by atoms with van der Waals surface area (Å²) in [6, 6.07) is 20.6. The summed E-state index contributed by atoms with van der Waals surface area (Å²) in [4.78, 5) is 0. The fourth-order valence-electron chi connectivity index (χ4n) is 4.13. The van der Waals surface area contributed by atoms with Gasteiger partial charge in [-0.25, -0.2) is 0 Å². The summed E-state index contributed by atoms with van der Waals surface area (Å²) in [5.74, 6) is 0. The molecule has 0 atom stereocenters. The zero-order valence-corrected chi connectivity index (χ0v) is 16.6. The Hall–Kier alpha value is -1.56. The number of hydrogen-bond acceptors (Lipinski definition) is 0. The van der Waals surface area contributed by atoms with Gasteiger partial charge in [0.15, 0.2) is 0 Å². The van der Waals surface area contributed by atoms with E-state index in [2.05, 4.69) is 75.4 Å². The molecule has 0 aliphatic carbocycles. The van der Waals surface area contributed by atoms with Crippen molar-refractivity contribution >= 4 is 0 Å². The highest BCUT2D eigenvalue weighted by Gasteiger charge is 2.34. The zero-order valence-electron chi connectivity index (χ0n) is 16.6. The van der Waals surface area contributed by atoms with Crippen LogP contribution in [0.2, 0.25) is 0 Å². The van der Waals surface area contributed by atoms with Crippen LogP contribution >= 0.6 is 0 Å². The molecule has 2 rings (SSSR count). The van der Waals surface area contributed by atoms with Gasteiger partial charge in [-0.1, -0.05) is 107 Å². The van der Waals surface area contributed by atoms with Crippen molar-refractivity contribution in [2.24, 2.45) is 0 Å². The van der Waals surface area contributed by atoms with E-state index in [1.165, 1.54) is 63.4 Å². The van der Waals surface area contributed by atoms with Crippen LogP contribution in [0.3, 0.4) is 0 Å². The number of hydrogen-bond donors (Lipinski definition) is 0. The summed E-state index contributed by atoms with van der Waals surface area (Å²) < 4.78 is 0. The third-order valence-electron chi connectivity index (χ3n) is 5.57. The maximum atomic E-state index is 2.42. The van der Waals surface area contributed by atoms with Gasteiger partial charge >= 0.3 is 0 Å². The molecular weight excluding hydrogens is 300 g/mol. The predicted molar refractivity (Wildman–Crippen MR) is 111 cm³/mol. The lowest BCUT2D eigenvalue weighted by atomic mass is 9.66. The number of benzene rings is 2. The Kier molecular flexibility index (Phi) is 8.25. The van der Waals surface area contributed by atoms with Gasteiger partial charge in [0, 0.05) is 5.41 Å². The predicted octanol–water partition coefficient (Wildman–Crippen LogP) is 7.70. The van der Waals surface area contributed by atoms with Crippen molar-refractivity contribution in [3.8, 4) is 0 Å². The van der Waals surface area contributed by atoms with E-state index < -0.39 is 0 Å². The fraction of sp³-hybridized carbons (Fsp3) is 0.520. The lowest BCUT2D eigenvalue weighted by Crippen LogP contribution is -2.29. The topological polar surface area (TPSA) is 0 Å². The Morgan fingerprint density at radius 1 is 0.640 bits per heavy atom. The summed E-state index contributed by atoms with van der Waals surface area (Å²) in [5, 5.41) is 0. The molecule has 0 N–H and O–H groups in total. The molecule has 0 aliphatic heterocycles. The van der Waals surface area contributed by atoms with Crippen LogP contribution in [0.15, 0.2) is 54.6 Å². The van der Waals surface area contributed by atoms with E-state index in [4.69, 9.17) is 0 Å². The first-order chi connectivity index (χ1) is 12.3. The maximum absolute atomic E-state index is 2.42. The molecule has 25 heavy (non-hydrogen) atoms. The second-order valence-corrected chi connectivity index (χ2v) is 7.42. The molecule has 0 bridgehead atoms. The van der Waals surface area contributed by atoms with E-state index in [0.29, 0.717) is 0 Å². The minimum atomic E-state index is 0.178. The van der Waals surface area contributed by atoms with E-state index >= 15 is 0 Å². The lowest BCUT2D eigenvalue weighted by Gasteiger charge is -2.37. The van der Waals surface area contributed by atoms with Crippen molar-refractivity contribution in [2.45, 2.75) is 84.0 Å². The summed E-state index contributed by atoms with van der Waals surface area (Å²) in [6.07, 6.45) is 11.4. The molecule has 0 heterocycles. The maximum Gasteiger partial charge on any atom is 0.0205 e. The Morgan fingerprint density at radius 2 is 1.20 bits per heavy atom. The van der Waals surface area contributed by atoms with Crippen LogP contribution in [0.1, 0.15) is 88.8 Å². The fourth-order valence-corrected chi connectivity index (χ4v) is 4.13. The van der Waals surface area contributed by atoms with E-state index in [0.717, 1.165) is 0 Å². The average molecular weight is 337 g/mol. The number of aryl methyl sites for hydroxylation is 1. The first-order valence-corrected chi connectivity index (χ1v) is 10.4. The Morgan fingerprint density at radius 3 is 1.80 bits per heavy atom. The molecule has 2 aromatic carbocycles. The molecule has 0 aromatic heterocycles. The molecule has 2 aromatic rings. The minimum Gasteiger partial charge on any atom is -0.0654 e. The Balaban J connectivity index is 2.56. The highest BCUT2D eigenvalue weighted by molar-refractivity contribution is 5.44. The van der Waals surface area contributed by atoms with Crippen LogP contribution in [0, 0.1) is 0 Å². The van der Waals surface area contributed by atoms with Crippen molar-refractivity contribution < 1.29 is 0 Å². The van der Waals surface area contributed by atoms with E-state index in [9.17, 15) is 0 Å². The van der Waals surface area contributed by atoms with E-state index in [1.807, 2.05) is 0 Å². The quantitative estimate of drug-likeness (QED) is 0.394. The van der Waals surface area contributed by atoms with Crippen LogP contribution in [0.5, 0.6) is 0 Å². The minimum absolute atomic E-state index is 0.178. The molecule has 0 heteroatoms. The van der Waals surface area contributed by atoms with Crippen molar-refractivity contribution in [3.05, 3.63) is 71.3 Å². The van der Waals surface area contributed by atoms with Crippen LogP contribution in [-0.4, -0.2) is 0 Å². The number of unbranched alkanes of at least 4 members (excludes halogenated alkanes) is 3. The van der Waals surface area contributed by atoms with Crippen LogP contribution < -0.4 is 0 Å². The molecule has 0 spiro atoms. The summed E-state index contributed by atoms with van der Waals surface area (Å²) in [7, 11) is 0. The second kappa shape index (κ2) is 10.4. The second-order valence-electron chi connectivity index (χ2n) is 7.42. The van der Waals surface area contributed by atoms with Gasteiger partial charge in [0.1, 0.15) is 0 Å². The van der Waals surface area contributed by atoms with Crippen molar-refractivity contribution in [1.29, 1.82) is 0 Å². The van der Waals surface area contributed by atoms with Crippen LogP contribution in [0.25, 0.3) is 0 Å². The van der Waals surface area contributed by atoms with Gasteiger partial charge in [0.05, 0.1) is 0 Å². The van der Waals surface area contributed by atoms with Crippen molar-refractivity contribution in [1.82, 2.24) is 0 Å². The monoisotopic (exact) mass is 336 g/mol. The molecule has 0 amide bonds. The summed E-state index contributed by atoms with van der Waals surface area (Å²) >= 11 is 0. The van der Waals surface area contributed by atoms with Gasteiger partial charge in [0.2, 0.25) is 0 Å². The molecule has 0 saturated heterocycles. The van der Waals surface area contributed by atoms with Gasteiger partial charge in [-0.05, 0) is 42.4 Å². The first-order valence-electron chi connectivity index (χ1n) is 10.4. The standard InChI is InChI=1S/C25H36/c1-4-7-15-22-16-13-14-19-24(22)25(20-8-5-2,21-9-6-3)23-17-11-10-12-18-23/h10-14,16-19H,4-9,15,20-21H2,1-3H3. The van der Waals surface area contributed by atoms with Gasteiger partial charge < -0.3 is 0 Å². The molecular formula is C25H36. The van der Waals surface area contributed by atoms with Gasteiger partial charge in [-0.3, -0.25) is 0 Å². The van der Waals surface area contributed by atoms with Crippen LogP contribution in [-0.2, 0) is 11.8 Å². The molecule has 0 nitrogen and oxygen atoms in total. The zero-order chi connectivity index (χ0) is 18.0. The lowest BCUT2D eigenvalue weighted by molar-refractivity contribution is 0.402. The summed E-state index contributed by atoms with van der Waals surface area (Å²) in [6.45, 7) is 6.93. The number of rotatable bonds is 11. The molecule has 0 unspecified atom stereocenters. The third kappa shape index (κ3) is 4.97. The highest BCUT2D eigenvalue weighted by Crippen LogP contribution is 2.43.